The predicted molar refractivity (Wildman–Crippen MR) is 78.4 cm³/mol. The molecule has 1 unspecified atom stereocenters. The van der Waals surface area contributed by atoms with Crippen molar-refractivity contribution in [1.82, 2.24) is 0 Å². The van der Waals surface area contributed by atoms with Crippen LogP contribution >= 0.6 is 0 Å². The van der Waals surface area contributed by atoms with Crippen LogP contribution < -0.4 is 5.73 Å². The molecule has 0 spiro atoms. The van der Waals surface area contributed by atoms with E-state index in [4.69, 9.17) is 5.73 Å². The standard InChI is InChI=1S/C16H33NO/c1-6-14(3,4)13-8-10-16(18,11-9-13)15(5,7-2)12-17/h13,18H,6-12,17H2,1-5H3. The highest BCUT2D eigenvalue weighted by molar-refractivity contribution is 5.00. The van der Waals surface area contributed by atoms with E-state index in [0.717, 1.165) is 38.0 Å². The summed E-state index contributed by atoms with van der Waals surface area (Å²) in [6.07, 6.45) is 6.31. The van der Waals surface area contributed by atoms with Gasteiger partial charge in [0.15, 0.2) is 0 Å². The van der Waals surface area contributed by atoms with Crippen molar-refractivity contribution in [2.24, 2.45) is 22.5 Å². The SMILES string of the molecule is CCC(C)(C)C1CCC(O)(C(C)(CC)CN)CC1. The molecule has 0 aliphatic heterocycles. The zero-order valence-corrected chi connectivity index (χ0v) is 13.1. The molecule has 3 N–H and O–H groups in total. The van der Waals surface area contributed by atoms with E-state index < -0.39 is 5.60 Å². The van der Waals surface area contributed by atoms with E-state index in [9.17, 15) is 5.11 Å². The van der Waals surface area contributed by atoms with E-state index in [1.54, 1.807) is 0 Å². The van der Waals surface area contributed by atoms with E-state index in [0.29, 0.717) is 12.0 Å². The van der Waals surface area contributed by atoms with Crippen LogP contribution in [0, 0.1) is 16.7 Å². The first-order valence-corrected chi connectivity index (χ1v) is 7.67. The molecule has 1 saturated carbocycles. The normalized spacial score (nSPS) is 33.2. The van der Waals surface area contributed by atoms with Gasteiger partial charge in [0.25, 0.3) is 0 Å². The Kier molecular flexibility index (Phi) is 4.88. The number of hydrogen-bond donors (Lipinski definition) is 2. The summed E-state index contributed by atoms with van der Waals surface area (Å²) >= 11 is 0. The highest BCUT2D eigenvalue weighted by atomic mass is 16.3. The highest BCUT2D eigenvalue weighted by Gasteiger charge is 2.48. The fourth-order valence-corrected chi connectivity index (χ4v) is 3.43. The van der Waals surface area contributed by atoms with Crippen LogP contribution in [0.15, 0.2) is 0 Å². The van der Waals surface area contributed by atoms with Gasteiger partial charge in [-0.2, -0.15) is 0 Å². The molecule has 1 aliphatic carbocycles. The number of nitrogens with two attached hydrogens (primary N) is 1. The second kappa shape index (κ2) is 5.50. The monoisotopic (exact) mass is 255 g/mol. The van der Waals surface area contributed by atoms with Crippen LogP contribution in [0.2, 0.25) is 0 Å². The van der Waals surface area contributed by atoms with Gasteiger partial charge >= 0.3 is 0 Å². The van der Waals surface area contributed by atoms with Gasteiger partial charge in [-0.25, -0.2) is 0 Å². The van der Waals surface area contributed by atoms with Crippen LogP contribution in [0.25, 0.3) is 0 Å². The van der Waals surface area contributed by atoms with Crippen molar-refractivity contribution in [2.75, 3.05) is 6.54 Å². The van der Waals surface area contributed by atoms with Gasteiger partial charge in [-0.05, 0) is 43.4 Å². The molecule has 1 fully saturated rings. The molecule has 18 heavy (non-hydrogen) atoms. The third-order valence-electron chi connectivity index (χ3n) is 6.18. The van der Waals surface area contributed by atoms with Gasteiger partial charge in [-0.1, -0.05) is 41.0 Å². The molecule has 0 aromatic rings. The van der Waals surface area contributed by atoms with Crippen LogP contribution in [0.1, 0.15) is 73.1 Å². The van der Waals surface area contributed by atoms with Gasteiger partial charge in [0.1, 0.15) is 0 Å². The van der Waals surface area contributed by atoms with Crippen LogP contribution in [0.3, 0.4) is 0 Å². The predicted octanol–water partition coefficient (Wildman–Crippen LogP) is 3.72. The van der Waals surface area contributed by atoms with Crippen LogP contribution in [0.5, 0.6) is 0 Å². The summed E-state index contributed by atoms with van der Waals surface area (Å²) in [5.74, 6) is 0.752. The molecule has 0 bridgehead atoms. The van der Waals surface area contributed by atoms with Crippen LogP contribution in [-0.2, 0) is 0 Å². The molecule has 0 aromatic carbocycles. The van der Waals surface area contributed by atoms with E-state index in [1.807, 2.05) is 0 Å². The number of hydrogen-bond acceptors (Lipinski definition) is 2. The molecule has 0 aromatic heterocycles. The first kappa shape index (κ1) is 16.0. The molecule has 1 aliphatic rings. The quantitative estimate of drug-likeness (QED) is 0.786. The van der Waals surface area contributed by atoms with Crippen molar-refractivity contribution in [2.45, 2.75) is 78.7 Å². The first-order chi connectivity index (χ1) is 8.24. The Hall–Kier alpha value is -0.0800. The van der Waals surface area contributed by atoms with Gasteiger partial charge < -0.3 is 10.8 Å². The van der Waals surface area contributed by atoms with Gasteiger partial charge in [-0.15, -0.1) is 0 Å². The zero-order valence-electron chi connectivity index (χ0n) is 13.1. The average molecular weight is 255 g/mol. The lowest BCUT2D eigenvalue weighted by atomic mass is 9.59. The maximum atomic E-state index is 11.0. The van der Waals surface area contributed by atoms with E-state index in [1.165, 1.54) is 6.42 Å². The van der Waals surface area contributed by atoms with Crippen LogP contribution in [-0.4, -0.2) is 17.3 Å². The van der Waals surface area contributed by atoms with Crippen molar-refractivity contribution < 1.29 is 5.11 Å². The summed E-state index contributed by atoms with van der Waals surface area (Å²) in [5, 5.41) is 11.0. The fourth-order valence-electron chi connectivity index (χ4n) is 3.43. The molecular formula is C16H33NO. The second-order valence-corrected chi connectivity index (χ2v) is 7.27. The molecule has 2 nitrogen and oxygen atoms in total. The molecule has 108 valence electrons. The minimum Gasteiger partial charge on any atom is -0.389 e. The Labute approximate surface area is 113 Å². The van der Waals surface area contributed by atoms with Crippen molar-refractivity contribution in [3.05, 3.63) is 0 Å². The number of aliphatic hydroxyl groups is 1. The topological polar surface area (TPSA) is 46.2 Å². The Morgan fingerprint density at radius 1 is 1.11 bits per heavy atom. The lowest BCUT2D eigenvalue weighted by Gasteiger charge is -2.50. The fraction of sp³-hybridized carbons (Fsp3) is 1.00. The summed E-state index contributed by atoms with van der Waals surface area (Å²) in [6.45, 7) is 11.9. The molecule has 1 rings (SSSR count). The van der Waals surface area contributed by atoms with Gasteiger partial charge in [-0.3, -0.25) is 0 Å². The van der Waals surface area contributed by atoms with Gasteiger partial charge in [0.05, 0.1) is 5.60 Å². The maximum absolute atomic E-state index is 11.0. The summed E-state index contributed by atoms with van der Waals surface area (Å²) < 4.78 is 0. The third kappa shape index (κ3) is 2.75. The summed E-state index contributed by atoms with van der Waals surface area (Å²) in [5.41, 5.74) is 5.67. The number of rotatable bonds is 5. The smallest absolute Gasteiger partial charge is 0.0713 e. The molecule has 0 heterocycles. The van der Waals surface area contributed by atoms with Gasteiger partial charge in [0, 0.05) is 12.0 Å². The molecule has 0 radical (unpaired) electrons. The van der Waals surface area contributed by atoms with E-state index >= 15 is 0 Å². The molecule has 1 atom stereocenters. The highest BCUT2D eigenvalue weighted by Crippen LogP contribution is 2.49. The molecular weight excluding hydrogens is 222 g/mol. The molecule has 0 amide bonds. The third-order valence-corrected chi connectivity index (χ3v) is 6.18. The summed E-state index contributed by atoms with van der Waals surface area (Å²) in [6, 6.07) is 0. The van der Waals surface area contributed by atoms with Gasteiger partial charge in [0.2, 0.25) is 0 Å². The van der Waals surface area contributed by atoms with Crippen molar-refractivity contribution in [3.63, 3.8) is 0 Å². The Morgan fingerprint density at radius 2 is 1.61 bits per heavy atom. The maximum Gasteiger partial charge on any atom is 0.0713 e. The Balaban J connectivity index is 2.73. The summed E-state index contributed by atoms with van der Waals surface area (Å²) in [4.78, 5) is 0. The van der Waals surface area contributed by atoms with Crippen LogP contribution in [0.4, 0.5) is 0 Å². The molecule has 0 saturated heterocycles. The lowest BCUT2D eigenvalue weighted by Crippen LogP contribution is -2.53. The second-order valence-electron chi connectivity index (χ2n) is 7.27. The van der Waals surface area contributed by atoms with Crippen molar-refractivity contribution >= 4 is 0 Å². The average Bonchev–Trinajstić information content (AvgIpc) is 2.38. The Morgan fingerprint density at radius 3 is 1.94 bits per heavy atom. The minimum absolute atomic E-state index is 0.117. The Bertz CT molecular complexity index is 260. The zero-order chi connectivity index (χ0) is 14.0. The molecule has 2 heteroatoms. The largest absolute Gasteiger partial charge is 0.389 e. The van der Waals surface area contributed by atoms with Crippen molar-refractivity contribution in [1.29, 1.82) is 0 Å². The van der Waals surface area contributed by atoms with Crippen molar-refractivity contribution in [3.8, 4) is 0 Å². The minimum atomic E-state index is -0.545. The first-order valence-electron chi connectivity index (χ1n) is 7.67. The lowest BCUT2D eigenvalue weighted by molar-refractivity contribution is -0.115. The summed E-state index contributed by atoms with van der Waals surface area (Å²) in [7, 11) is 0. The van der Waals surface area contributed by atoms with E-state index in [2.05, 4.69) is 34.6 Å². The van der Waals surface area contributed by atoms with E-state index in [-0.39, 0.29) is 5.41 Å².